The van der Waals surface area contributed by atoms with Crippen molar-refractivity contribution in [2.24, 2.45) is 10.7 Å². The third kappa shape index (κ3) is 3.21. The van der Waals surface area contributed by atoms with Crippen molar-refractivity contribution in [3.63, 3.8) is 0 Å². The summed E-state index contributed by atoms with van der Waals surface area (Å²) in [7, 11) is -2.27. The third-order valence-electron chi connectivity index (χ3n) is 1.88. The molecule has 1 heterocycles. The van der Waals surface area contributed by atoms with Gasteiger partial charge in [-0.3, -0.25) is 4.99 Å². The van der Waals surface area contributed by atoms with E-state index in [0.717, 1.165) is 15.8 Å². The van der Waals surface area contributed by atoms with E-state index in [0.29, 0.717) is 4.47 Å². The Labute approximate surface area is 121 Å². The summed E-state index contributed by atoms with van der Waals surface area (Å²) in [5.74, 6) is -0.139. The number of guanidine groups is 1. The van der Waals surface area contributed by atoms with Crippen LogP contribution in [-0.2, 0) is 16.4 Å². The van der Waals surface area contributed by atoms with Crippen LogP contribution in [0.2, 0.25) is 0 Å². The fraction of sp³-hybridized carbons (Fsp3) is 0.375. The van der Waals surface area contributed by atoms with Crippen LogP contribution in [0, 0.1) is 0 Å². The van der Waals surface area contributed by atoms with Crippen LogP contribution < -0.4 is 10.5 Å². The average Bonchev–Trinajstić information content (AvgIpc) is 2.55. The summed E-state index contributed by atoms with van der Waals surface area (Å²) in [5.41, 5.74) is 5.36. The number of sulfonamides is 1. The van der Waals surface area contributed by atoms with Gasteiger partial charge in [-0.05, 0) is 38.3 Å². The number of hydrogen-bond donors (Lipinski definition) is 2. The largest absolute Gasteiger partial charge is 0.369 e. The number of nitrogens with two attached hydrogens (primary N) is 1. The number of aliphatic imine (C=N–C) groups is 1. The van der Waals surface area contributed by atoms with Gasteiger partial charge < -0.3 is 5.73 Å². The highest BCUT2D eigenvalue weighted by Gasteiger charge is 2.24. The first-order valence-electron chi connectivity index (χ1n) is 4.55. The number of halogens is 2. The van der Waals surface area contributed by atoms with Gasteiger partial charge in [0.25, 0.3) is 10.0 Å². The van der Waals surface area contributed by atoms with Crippen molar-refractivity contribution >= 4 is 59.2 Å². The van der Waals surface area contributed by atoms with Crippen LogP contribution in [0.4, 0.5) is 0 Å². The highest BCUT2D eigenvalue weighted by Crippen LogP contribution is 2.40. The maximum Gasteiger partial charge on any atom is 0.274 e. The van der Waals surface area contributed by atoms with Crippen molar-refractivity contribution < 1.29 is 8.42 Å². The molecule has 0 radical (unpaired) electrons. The lowest BCUT2D eigenvalue weighted by atomic mass is 10.4. The van der Waals surface area contributed by atoms with Gasteiger partial charge in [-0.25, -0.2) is 13.1 Å². The predicted molar refractivity (Wildman–Crippen MR) is 77.0 cm³/mol. The normalized spacial score (nSPS) is 12.8. The third-order valence-corrected chi connectivity index (χ3v) is 8.07. The van der Waals surface area contributed by atoms with Gasteiger partial charge in [0, 0.05) is 16.4 Å². The Balaban J connectivity index is 3.25. The van der Waals surface area contributed by atoms with E-state index in [-0.39, 0.29) is 10.2 Å². The van der Waals surface area contributed by atoms with Gasteiger partial charge in [-0.2, -0.15) is 0 Å². The molecule has 96 valence electrons. The van der Waals surface area contributed by atoms with E-state index >= 15 is 0 Å². The Morgan fingerprint density at radius 1 is 1.47 bits per heavy atom. The van der Waals surface area contributed by atoms with Crippen molar-refractivity contribution in [1.29, 1.82) is 0 Å². The van der Waals surface area contributed by atoms with E-state index in [1.807, 2.05) is 6.92 Å². The minimum absolute atomic E-state index is 0.139. The molecule has 5 nitrogen and oxygen atoms in total. The van der Waals surface area contributed by atoms with Crippen molar-refractivity contribution in [3.05, 3.63) is 13.8 Å². The Kier molecular flexibility index (Phi) is 4.99. The van der Waals surface area contributed by atoms with Crippen LogP contribution in [0.25, 0.3) is 0 Å². The summed E-state index contributed by atoms with van der Waals surface area (Å²) in [6, 6.07) is 0. The molecule has 1 rings (SSSR count). The molecule has 9 heteroatoms. The molecule has 0 aliphatic carbocycles. The van der Waals surface area contributed by atoms with Gasteiger partial charge >= 0.3 is 0 Å². The molecule has 17 heavy (non-hydrogen) atoms. The first-order chi connectivity index (χ1) is 7.83. The number of aryl methyl sites for hydroxylation is 1. The van der Waals surface area contributed by atoms with Gasteiger partial charge in [0.1, 0.15) is 0 Å². The first kappa shape index (κ1) is 14.9. The number of nitrogens with zero attached hydrogens (tertiary/aromatic N) is 1. The predicted octanol–water partition coefficient (Wildman–Crippen LogP) is 2.06. The Bertz CT molecular complexity index is 551. The number of hydrogen-bond acceptors (Lipinski definition) is 4. The van der Waals surface area contributed by atoms with Crippen molar-refractivity contribution in [1.82, 2.24) is 4.72 Å². The lowest BCUT2D eigenvalue weighted by molar-refractivity contribution is 0.594. The molecular weight excluding hydrogens is 394 g/mol. The monoisotopic (exact) mass is 403 g/mol. The van der Waals surface area contributed by atoms with Gasteiger partial charge in [-0.1, -0.05) is 6.92 Å². The zero-order chi connectivity index (χ0) is 13.2. The standard InChI is InChI=1S/C8H11Br2N3O2S2/c1-3-4-5(9)6(10)7(16-4)17(14,15)13-8(11)12-2/h3H2,1-2H3,(H3,11,12,13). The molecule has 3 N–H and O–H groups in total. The topological polar surface area (TPSA) is 84.5 Å². The minimum atomic E-state index is -3.68. The smallest absolute Gasteiger partial charge is 0.274 e. The van der Waals surface area contributed by atoms with E-state index < -0.39 is 10.0 Å². The molecule has 0 spiro atoms. The molecule has 0 amide bonds. The summed E-state index contributed by atoms with van der Waals surface area (Å²) >= 11 is 7.79. The van der Waals surface area contributed by atoms with Crippen molar-refractivity contribution in [2.75, 3.05) is 7.05 Å². The molecular formula is C8H11Br2N3O2S2. The molecule has 0 aliphatic rings. The van der Waals surface area contributed by atoms with Gasteiger partial charge in [0.15, 0.2) is 4.21 Å². The van der Waals surface area contributed by atoms with E-state index in [4.69, 9.17) is 5.73 Å². The second-order valence-electron chi connectivity index (χ2n) is 3.01. The molecule has 0 aliphatic heterocycles. The molecule has 0 fully saturated rings. The highest BCUT2D eigenvalue weighted by atomic mass is 79.9. The highest BCUT2D eigenvalue weighted by molar-refractivity contribution is 9.13. The Morgan fingerprint density at radius 3 is 2.47 bits per heavy atom. The van der Waals surface area contributed by atoms with Crippen molar-refractivity contribution in [2.45, 2.75) is 17.6 Å². The van der Waals surface area contributed by atoms with E-state index in [1.165, 1.54) is 18.4 Å². The summed E-state index contributed by atoms with van der Waals surface area (Å²) in [6.45, 7) is 1.95. The van der Waals surface area contributed by atoms with E-state index in [1.54, 1.807) is 0 Å². The van der Waals surface area contributed by atoms with Crippen LogP contribution in [0.5, 0.6) is 0 Å². The zero-order valence-electron chi connectivity index (χ0n) is 9.12. The van der Waals surface area contributed by atoms with Gasteiger partial charge in [-0.15, -0.1) is 11.3 Å². The zero-order valence-corrected chi connectivity index (χ0v) is 13.9. The summed E-state index contributed by atoms with van der Waals surface area (Å²) in [4.78, 5) is 4.51. The fourth-order valence-corrected chi connectivity index (χ4v) is 5.69. The first-order valence-corrected chi connectivity index (χ1v) is 8.43. The maximum atomic E-state index is 12.0. The molecule has 0 saturated carbocycles. The molecule has 0 atom stereocenters. The maximum absolute atomic E-state index is 12.0. The molecule has 0 bridgehead atoms. The van der Waals surface area contributed by atoms with Crippen LogP contribution in [-0.4, -0.2) is 21.4 Å². The lowest BCUT2D eigenvalue weighted by Crippen LogP contribution is -2.36. The van der Waals surface area contributed by atoms with Crippen LogP contribution in [0.15, 0.2) is 18.1 Å². The molecule has 1 aromatic heterocycles. The number of nitrogens with one attached hydrogen (secondary N) is 1. The number of rotatable bonds is 3. The second kappa shape index (κ2) is 5.68. The average molecular weight is 405 g/mol. The molecule has 0 saturated heterocycles. The summed E-state index contributed by atoms with van der Waals surface area (Å²) in [5, 5.41) is 0. The van der Waals surface area contributed by atoms with Gasteiger partial charge in [0.2, 0.25) is 5.96 Å². The summed E-state index contributed by atoms with van der Waals surface area (Å²) in [6.07, 6.45) is 0.747. The quantitative estimate of drug-likeness (QED) is 0.597. The SMILES string of the molecule is CCc1sc(S(=O)(=O)NC(N)=NC)c(Br)c1Br. The number of thiophene rings is 1. The van der Waals surface area contributed by atoms with Crippen molar-refractivity contribution in [3.8, 4) is 0 Å². The lowest BCUT2D eigenvalue weighted by Gasteiger charge is -2.04. The Morgan fingerprint density at radius 2 is 2.06 bits per heavy atom. The van der Waals surface area contributed by atoms with E-state index in [2.05, 4.69) is 41.6 Å². The van der Waals surface area contributed by atoms with Crippen LogP contribution >= 0.6 is 43.2 Å². The van der Waals surface area contributed by atoms with Crippen LogP contribution in [0.3, 0.4) is 0 Å². The van der Waals surface area contributed by atoms with Crippen LogP contribution in [0.1, 0.15) is 11.8 Å². The Hall–Kier alpha value is -0.120. The minimum Gasteiger partial charge on any atom is -0.369 e. The molecule has 0 unspecified atom stereocenters. The fourth-order valence-electron chi connectivity index (χ4n) is 1.04. The molecule has 1 aromatic rings. The van der Waals surface area contributed by atoms with Gasteiger partial charge in [0.05, 0.1) is 4.47 Å². The summed E-state index contributed by atoms with van der Waals surface area (Å²) < 4.78 is 27.6. The second-order valence-corrected chi connectivity index (χ2v) is 7.58. The molecule has 0 aromatic carbocycles. The van der Waals surface area contributed by atoms with E-state index in [9.17, 15) is 8.42 Å².